The minimum Gasteiger partial charge on any atom is -0.375 e. The van der Waals surface area contributed by atoms with Crippen LogP contribution < -0.4 is 10.6 Å². The molecule has 2 aliphatic rings. The molecule has 1 aromatic carbocycles. The molecule has 4 unspecified atom stereocenters. The Hall–Kier alpha value is -2.16. The molecule has 3 aromatic rings. The van der Waals surface area contributed by atoms with E-state index in [1.807, 2.05) is 28.8 Å². The van der Waals surface area contributed by atoms with Gasteiger partial charge in [0.1, 0.15) is 5.54 Å². The molecule has 30 heavy (non-hydrogen) atoms. The zero-order valence-electron chi connectivity index (χ0n) is 16.1. The van der Waals surface area contributed by atoms with Crippen molar-refractivity contribution in [3.05, 3.63) is 60.2 Å². The molecule has 5 rings (SSSR count). The summed E-state index contributed by atoms with van der Waals surface area (Å²) in [5.74, 6) is 0.533. The van der Waals surface area contributed by atoms with Crippen molar-refractivity contribution < 1.29 is 9.53 Å². The molecule has 1 amide bonds. The first kappa shape index (κ1) is 19.8. The second kappa shape index (κ2) is 7.83. The number of carbonyl (C=O) groups excluding carboxylic acids is 1. The van der Waals surface area contributed by atoms with Crippen molar-refractivity contribution in [1.29, 1.82) is 0 Å². The van der Waals surface area contributed by atoms with Gasteiger partial charge in [-0.15, -0.1) is 11.6 Å². The van der Waals surface area contributed by atoms with Gasteiger partial charge in [-0.2, -0.15) is 0 Å². The first-order chi connectivity index (χ1) is 14.6. The molecule has 1 saturated heterocycles. The van der Waals surface area contributed by atoms with Crippen LogP contribution in [-0.4, -0.2) is 49.7 Å². The van der Waals surface area contributed by atoms with E-state index >= 15 is 0 Å². The number of nitrogens with zero attached hydrogens (tertiary/aromatic N) is 3. The van der Waals surface area contributed by atoms with Gasteiger partial charge in [0.25, 0.3) is 5.91 Å². The van der Waals surface area contributed by atoms with E-state index in [4.69, 9.17) is 16.3 Å². The van der Waals surface area contributed by atoms with E-state index in [0.717, 1.165) is 18.7 Å². The fourth-order valence-corrected chi connectivity index (χ4v) is 4.91. The monoisotopic (exact) mass is 489 g/mol. The molecule has 1 aliphatic heterocycles. The molecule has 0 bridgehead atoms. The van der Waals surface area contributed by atoms with E-state index < -0.39 is 5.54 Å². The molecule has 0 spiro atoms. The lowest BCUT2D eigenvalue weighted by Gasteiger charge is -2.18. The van der Waals surface area contributed by atoms with Crippen LogP contribution in [0.15, 0.2) is 48.9 Å². The zero-order valence-corrected chi connectivity index (χ0v) is 18.4. The van der Waals surface area contributed by atoms with Gasteiger partial charge in [0.05, 0.1) is 30.0 Å². The van der Waals surface area contributed by atoms with Crippen LogP contribution in [0.5, 0.6) is 0 Å². The number of ether oxygens (including phenoxy) is 1. The van der Waals surface area contributed by atoms with E-state index in [-0.39, 0.29) is 17.4 Å². The smallest absolute Gasteiger partial charge is 0.252 e. The predicted octanol–water partition coefficient (Wildman–Crippen LogP) is 3.33. The fourth-order valence-electron chi connectivity index (χ4n) is 3.94. The largest absolute Gasteiger partial charge is 0.375 e. The fraction of sp³-hybridized carbons (Fsp3) is 0.381. The number of fused-ring (bicyclic) bond motifs is 1. The van der Waals surface area contributed by atoms with Crippen LogP contribution in [0.2, 0.25) is 0 Å². The van der Waals surface area contributed by atoms with Crippen molar-refractivity contribution in [1.82, 2.24) is 19.7 Å². The van der Waals surface area contributed by atoms with E-state index in [0.29, 0.717) is 34.8 Å². The highest BCUT2D eigenvalue weighted by Gasteiger charge is 2.57. The van der Waals surface area contributed by atoms with Crippen LogP contribution in [0.1, 0.15) is 28.9 Å². The highest BCUT2D eigenvalue weighted by molar-refractivity contribution is 9.09. The molecule has 156 valence electrons. The van der Waals surface area contributed by atoms with Gasteiger partial charge in [0, 0.05) is 29.3 Å². The third-order valence-corrected chi connectivity index (χ3v) is 6.83. The summed E-state index contributed by atoms with van der Waals surface area (Å²) in [6.07, 6.45) is 7.09. The summed E-state index contributed by atoms with van der Waals surface area (Å²) >= 11 is 10.1. The number of anilines is 1. The number of aromatic nitrogens is 3. The van der Waals surface area contributed by atoms with Gasteiger partial charge in [-0.1, -0.05) is 34.1 Å². The summed E-state index contributed by atoms with van der Waals surface area (Å²) in [5.41, 5.74) is 1.51. The predicted molar refractivity (Wildman–Crippen MR) is 118 cm³/mol. The maximum atomic E-state index is 12.8. The average Bonchev–Trinajstić information content (AvgIpc) is 3.11. The number of hydrogen-bond acceptors (Lipinski definition) is 5. The van der Waals surface area contributed by atoms with Crippen LogP contribution in [0, 0.1) is 0 Å². The highest BCUT2D eigenvalue weighted by atomic mass is 79.9. The minimum atomic E-state index is -0.649. The lowest BCUT2D eigenvalue weighted by molar-refractivity contribution is 0.0930. The third kappa shape index (κ3) is 3.57. The van der Waals surface area contributed by atoms with Gasteiger partial charge in [-0.05, 0) is 25.0 Å². The lowest BCUT2D eigenvalue weighted by atomic mass is 10.1. The molecule has 7 nitrogen and oxygen atoms in total. The number of carbonyl (C=O) groups is 1. The average molecular weight is 491 g/mol. The summed E-state index contributed by atoms with van der Waals surface area (Å²) < 4.78 is 7.69. The minimum absolute atomic E-state index is 0.137. The molecule has 1 aliphatic carbocycles. The number of hydrogen-bond donors (Lipinski definition) is 2. The second-order valence-corrected chi connectivity index (χ2v) is 9.57. The molecule has 2 N–H and O–H groups in total. The zero-order chi connectivity index (χ0) is 20.7. The number of rotatable bonds is 6. The number of nitrogens with one attached hydrogen (secondary N) is 2. The van der Waals surface area contributed by atoms with Crippen molar-refractivity contribution in [3.8, 4) is 0 Å². The Labute approximate surface area is 187 Å². The van der Waals surface area contributed by atoms with E-state index in [2.05, 4.69) is 36.5 Å². The van der Waals surface area contributed by atoms with Gasteiger partial charge in [-0.3, -0.25) is 9.20 Å². The Bertz CT molecular complexity index is 1080. The number of alkyl halides is 2. The molecule has 1 saturated carbocycles. The normalized spacial score (nSPS) is 27.9. The Morgan fingerprint density at radius 3 is 2.83 bits per heavy atom. The second-order valence-electron chi connectivity index (χ2n) is 7.75. The number of benzene rings is 1. The summed E-state index contributed by atoms with van der Waals surface area (Å²) in [6.45, 7) is 1.38. The quantitative estimate of drug-likeness (QED) is 0.518. The lowest BCUT2D eigenvalue weighted by Crippen LogP contribution is -2.37. The molecule has 3 heterocycles. The Morgan fingerprint density at radius 1 is 1.33 bits per heavy atom. The van der Waals surface area contributed by atoms with Crippen LogP contribution in [0.4, 0.5) is 5.82 Å². The van der Waals surface area contributed by atoms with Crippen LogP contribution in [0.25, 0.3) is 5.65 Å². The van der Waals surface area contributed by atoms with Gasteiger partial charge in [0.2, 0.25) is 0 Å². The molecule has 9 heteroatoms. The molecule has 4 atom stereocenters. The van der Waals surface area contributed by atoms with Crippen molar-refractivity contribution >= 4 is 44.9 Å². The van der Waals surface area contributed by atoms with Crippen molar-refractivity contribution in [2.45, 2.75) is 34.7 Å². The summed E-state index contributed by atoms with van der Waals surface area (Å²) in [7, 11) is 0. The van der Waals surface area contributed by atoms with E-state index in [9.17, 15) is 4.79 Å². The van der Waals surface area contributed by atoms with Gasteiger partial charge < -0.3 is 15.4 Å². The maximum Gasteiger partial charge on any atom is 0.252 e. The van der Waals surface area contributed by atoms with Crippen molar-refractivity contribution in [2.75, 3.05) is 18.5 Å². The summed E-state index contributed by atoms with van der Waals surface area (Å²) in [6, 6.07) is 9.15. The van der Waals surface area contributed by atoms with Crippen molar-refractivity contribution in [2.24, 2.45) is 0 Å². The molecular weight excluding hydrogens is 470 g/mol. The molecule has 2 fully saturated rings. The standard InChI is InChI=1S/C21H21BrClN5O2/c22-14-8-15(30-12-14)10-25-18-19-26-11-17(28(19)7-6-24-18)21(9-16(21)23)27-20(29)13-4-2-1-3-5-13/h1-7,11,14-16H,8-10,12H2,(H,24,25)(H,27,29). The first-order valence-corrected chi connectivity index (χ1v) is 11.3. The SMILES string of the molecule is O=C(NC1(c2cnc3c(NCC4CC(Br)CO4)nccn23)CC1Cl)c1ccccc1. The summed E-state index contributed by atoms with van der Waals surface area (Å²) in [4.78, 5) is 22.2. The van der Waals surface area contributed by atoms with Crippen LogP contribution in [0.3, 0.4) is 0 Å². The maximum absolute atomic E-state index is 12.8. The molecule has 0 radical (unpaired) electrons. The Morgan fingerprint density at radius 2 is 2.13 bits per heavy atom. The van der Waals surface area contributed by atoms with E-state index in [1.54, 1.807) is 24.5 Å². The van der Waals surface area contributed by atoms with Gasteiger partial charge in [0.15, 0.2) is 11.5 Å². The van der Waals surface area contributed by atoms with Gasteiger partial charge >= 0.3 is 0 Å². The number of halogens is 2. The molecule has 2 aromatic heterocycles. The third-order valence-electron chi connectivity index (χ3n) is 5.66. The number of amides is 1. The highest BCUT2D eigenvalue weighted by Crippen LogP contribution is 2.50. The van der Waals surface area contributed by atoms with Crippen molar-refractivity contribution in [3.63, 3.8) is 0 Å². The first-order valence-electron chi connectivity index (χ1n) is 9.90. The Balaban J connectivity index is 1.39. The summed E-state index contributed by atoms with van der Waals surface area (Å²) in [5, 5.41) is 6.29. The van der Waals surface area contributed by atoms with Gasteiger partial charge in [-0.25, -0.2) is 9.97 Å². The van der Waals surface area contributed by atoms with E-state index in [1.165, 1.54) is 0 Å². The Kier molecular flexibility index (Phi) is 5.16. The molecular formula is C21H21BrClN5O2. The topological polar surface area (TPSA) is 80.5 Å². The van der Waals surface area contributed by atoms with Crippen LogP contribution >= 0.6 is 27.5 Å². The van der Waals surface area contributed by atoms with Crippen LogP contribution in [-0.2, 0) is 10.3 Å². The number of imidazole rings is 1.